The zero-order chi connectivity index (χ0) is 30.7. The first-order valence-electron chi connectivity index (χ1n) is 15.1. The Morgan fingerprint density at radius 2 is 1.40 bits per heavy atom. The van der Waals surface area contributed by atoms with Gasteiger partial charge < -0.3 is 23.7 Å². The number of rotatable bonds is 20. The van der Waals surface area contributed by atoms with E-state index >= 15 is 0 Å². The summed E-state index contributed by atoms with van der Waals surface area (Å²) >= 11 is 0. The average molecular weight is 589 g/mol. The normalized spacial score (nSPS) is 10.6. The van der Waals surface area contributed by atoms with Crippen LogP contribution in [0.3, 0.4) is 0 Å². The van der Waals surface area contributed by atoms with Crippen molar-refractivity contribution in [2.24, 2.45) is 0 Å². The predicted octanol–water partition coefficient (Wildman–Crippen LogP) is 8.28. The second-order valence-corrected chi connectivity index (χ2v) is 10.3. The van der Waals surface area contributed by atoms with E-state index in [0.717, 1.165) is 23.8 Å². The summed E-state index contributed by atoms with van der Waals surface area (Å²) in [5.74, 6) is 1.26. The van der Waals surface area contributed by atoms with Gasteiger partial charge in [0.05, 0.1) is 25.9 Å². The second kappa shape index (κ2) is 19.0. The third kappa shape index (κ3) is 12.2. The van der Waals surface area contributed by atoms with Crippen LogP contribution >= 0.6 is 0 Å². The highest BCUT2D eigenvalue weighted by Gasteiger charge is 2.14. The maximum atomic E-state index is 12.8. The molecule has 0 N–H and O–H groups in total. The number of hydrogen-bond donors (Lipinski definition) is 0. The zero-order valence-corrected chi connectivity index (χ0v) is 25.5. The quantitative estimate of drug-likeness (QED) is 0.0569. The first-order chi connectivity index (χ1) is 21.0. The molecular weight excluding hydrogens is 544 g/mol. The third-order valence-electron chi connectivity index (χ3n) is 6.89. The van der Waals surface area contributed by atoms with Crippen molar-refractivity contribution in [2.75, 3.05) is 20.3 Å². The number of methoxy groups -OCH3 is 1. The third-order valence-corrected chi connectivity index (χ3v) is 6.89. The fraction of sp³-hybridized carbons (Fsp3) is 0.389. The summed E-state index contributed by atoms with van der Waals surface area (Å²) in [4.78, 5) is 23.8. The van der Waals surface area contributed by atoms with E-state index in [2.05, 4.69) is 25.6 Å². The molecule has 0 aliphatic heterocycles. The Morgan fingerprint density at radius 1 is 0.721 bits per heavy atom. The monoisotopic (exact) mass is 588 g/mol. The van der Waals surface area contributed by atoms with Gasteiger partial charge in [0.2, 0.25) is 0 Å². The Bertz CT molecular complexity index is 1270. The molecule has 3 aromatic rings. The van der Waals surface area contributed by atoms with E-state index in [1.165, 1.54) is 51.2 Å². The second-order valence-electron chi connectivity index (χ2n) is 10.3. The van der Waals surface area contributed by atoms with Crippen molar-refractivity contribution in [1.29, 1.82) is 0 Å². The van der Waals surface area contributed by atoms with E-state index in [9.17, 15) is 9.59 Å². The first-order valence-corrected chi connectivity index (χ1v) is 15.1. The number of esters is 2. The molecule has 7 heteroatoms. The summed E-state index contributed by atoms with van der Waals surface area (Å²) in [5, 5.41) is 0. The van der Waals surface area contributed by atoms with Gasteiger partial charge in [0, 0.05) is 6.08 Å². The molecule has 43 heavy (non-hydrogen) atoms. The van der Waals surface area contributed by atoms with Crippen LogP contribution in [0.5, 0.6) is 23.0 Å². The molecule has 7 nitrogen and oxygen atoms in total. The van der Waals surface area contributed by atoms with Gasteiger partial charge >= 0.3 is 11.9 Å². The van der Waals surface area contributed by atoms with Crippen molar-refractivity contribution in [1.82, 2.24) is 0 Å². The largest absolute Gasteiger partial charge is 0.493 e. The van der Waals surface area contributed by atoms with Gasteiger partial charge in [-0.15, -0.1) is 0 Å². The molecular formula is C36H44O7. The van der Waals surface area contributed by atoms with Gasteiger partial charge in [-0.05, 0) is 79.3 Å². The number of carbonyl (C=O) groups is 2. The minimum absolute atomic E-state index is 0.303. The van der Waals surface area contributed by atoms with E-state index in [0.29, 0.717) is 55.5 Å². The fourth-order valence-electron chi connectivity index (χ4n) is 4.38. The lowest BCUT2D eigenvalue weighted by Gasteiger charge is -2.12. The van der Waals surface area contributed by atoms with Crippen LogP contribution in [-0.4, -0.2) is 32.3 Å². The lowest BCUT2D eigenvalue weighted by molar-refractivity contribution is -0.137. The van der Waals surface area contributed by atoms with Crippen LogP contribution in [0.15, 0.2) is 79.4 Å². The number of unbranched alkanes of at least 4 members (excludes halogenated alkanes) is 6. The van der Waals surface area contributed by atoms with Crippen LogP contribution in [0, 0.1) is 0 Å². The van der Waals surface area contributed by atoms with Crippen LogP contribution < -0.4 is 18.9 Å². The molecule has 0 aliphatic carbocycles. The Balaban J connectivity index is 1.41. The van der Waals surface area contributed by atoms with Gasteiger partial charge in [-0.25, -0.2) is 9.59 Å². The summed E-state index contributed by atoms with van der Waals surface area (Å²) in [7, 11) is 1.51. The molecule has 3 aromatic carbocycles. The molecule has 0 atom stereocenters. The average Bonchev–Trinajstić information content (AvgIpc) is 3.04. The van der Waals surface area contributed by atoms with Gasteiger partial charge in [-0.1, -0.05) is 69.9 Å². The van der Waals surface area contributed by atoms with E-state index in [1.807, 2.05) is 24.3 Å². The Labute approximate surface area is 255 Å². The van der Waals surface area contributed by atoms with Gasteiger partial charge in [-0.2, -0.15) is 0 Å². The number of carbonyl (C=O) groups excluding carboxylic acids is 2. The molecule has 0 aromatic heterocycles. The highest BCUT2D eigenvalue weighted by atomic mass is 16.5. The van der Waals surface area contributed by atoms with Crippen molar-refractivity contribution in [3.8, 4) is 23.0 Å². The summed E-state index contributed by atoms with van der Waals surface area (Å²) in [6.07, 6.45) is 11.4. The molecule has 0 amide bonds. The fourth-order valence-corrected chi connectivity index (χ4v) is 4.38. The highest BCUT2D eigenvalue weighted by Crippen LogP contribution is 2.29. The van der Waals surface area contributed by atoms with E-state index < -0.39 is 11.9 Å². The minimum Gasteiger partial charge on any atom is -0.493 e. The van der Waals surface area contributed by atoms with Gasteiger partial charge in [0.15, 0.2) is 11.5 Å². The van der Waals surface area contributed by atoms with Crippen LogP contribution in [0.1, 0.15) is 79.8 Å². The van der Waals surface area contributed by atoms with Crippen molar-refractivity contribution in [2.45, 2.75) is 71.3 Å². The standard InChI is InChI=1S/C36H44O7/c1-4-6-7-8-9-10-13-28-14-19-31(20-15-28)42-27-29-16-21-32(22-17-29)43-36(38)30-18-23-33(34(26-30)39-3)40-24-11-12-25-41-35(37)5-2/h5,14-23,26H,2,4,6-13,24-25,27H2,1,3H3. The lowest BCUT2D eigenvalue weighted by atomic mass is 10.0. The number of hydrogen-bond acceptors (Lipinski definition) is 7. The topological polar surface area (TPSA) is 80.3 Å². The number of aryl methyl sites for hydroxylation is 1. The molecule has 0 saturated heterocycles. The Morgan fingerprint density at radius 3 is 2.12 bits per heavy atom. The highest BCUT2D eigenvalue weighted by molar-refractivity contribution is 5.91. The Hall–Kier alpha value is -4.26. The van der Waals surface area contributed by atoms with Gasteiger partial charge in [0.25, 0.3) is 0 Å². The number of ether oxygens (including phenoxy) is 5. The van der Waals surface area contributed by atoms with Crippen molar-refractivity contribution >= 4 is 11.9 Å². The van der Waals surface area contributed by atoms with Crippen LogP contribution in [0.4, 0.5) is 0 Å². The van der Waals surface area contributed by atoms with Crippen LogP contribution in [-0.2, 0) is 22.6 Å². The van der Waals surface area contributed by atoms with Crippen LogP contribution in [0.2, 0.25) is 0 Å². The SMILES string of the molecule is C=CC(=O)OCCCCOc1ccc(C(=O)Oc2ccc(COc3ccc(CCCCCCCC)cc3)cc2)cc1OC. The summed E-state index contributed by atoms with van der Waals surface area (Å²) in [5.41, 5.74) is 2.65. The smallest absolute Gasteiger partial charge is 0.343 e. The van der Waals surface area contributed by atoms with Crippen molar-refractivity contribution in [3.63, 3.8) is 0 Å². The van der Waals surface area contributed by atoms with Crippen molar-refractivity contribution in [3.05, 3.63) is 96.1 Å². The van der Waals surface area contributed by atoms with Gasteiger partial charge in [-0.3, -0.25) is 0 Å². The molecule has 0 saturated carbocycles. The summed E-state index contributed by atoms with van der Waals surface area (Å²) < 4.78 is 27.6. The molecule has 3 rings (SSSR count). The Kier molecular flexibility index (Phi) is 14.7. The molecule has 0 heterocycles. The van der Waals surface area contributed by atoms with Crippen LogP contribution in [0.25, 0.3) is 0 Å². The maximum Gasteiger partial charge on any atom is 0.343 e. The van der Waals surface area contributed by atoms with E-state index in [1.54, 1.807) is 30.3 Å². The summed E-state index contributed by atoms with van der Waals surface area (Å²) in [6, 6.07) is 20.5. The molecule has 0 radical (unpaired) electrons. The lowest BCUT2D eigenvalue weighted by Crippen LogP contribution is -2.09. The molecule has 0 aliphatic rings. The van der Waals surface area contributed by atoms with Gasteiger partial charge in [0.1, 0.15) is 18.1 Å². The molecule has 0 bridgehead atoms. The maximum absolute atomic E-state index is 12.8. The molecule has 0 unspecified atom stereocenters. The minimum atomic E-state index is -0.501. The molecule has 0 fully saturated rings. The predicted molar refractivity (Wildman–Crippen MR) is 168 cm³/mol. The molecule has 0 spiro atoms. The number of benzene rings is 3. The summed E-state index contributed by atoms with van der Waals surface area (Å²) in [6.45, 7) is 6.74. The van der Waals surface area contributed by atoms with E-state index in [-0.39, 0.29) is 0 Å². The molecule has 230 valence electrons. The van der Waals surface area contributed by atoms with E-state index in [4.69, 9.17) is 23.7 Å². The van der Waals surface area contributed by atoms with Crippen molar-refractivity contribution < 1.29 is 33.3 Å². The first kappa shape index (κ1) is 33.2. The zero-order valence-electron chi connectivity index (χ0n) is 25.5.